The Morgan fingerprint density at radius 3 is 2.58 bits per heavy atom. The fourth-order valence-electron chi connectivity index (χ4n) is 3.43. The number of ether oxygens (including phenoxy) is 4. The number of amides is 1. The number of aliphatic imine (C=N–C) groups is 1. The first-order valence-corrected chi connectivity index (χ1v) is 10.9. The maximum atomic E-state index is 13.4. The fourth-order valence-corrected chi connectivity index (χ4v) is 4.42. The largest absolute Gasteiger partial charge is 0.497 e. The lowest BCUT2D eigenvalue weighted by atomic mass is 10.1. The van der Waals surface area contributed by atoms with Crippen LogP contribution in [0.25, 0.3) is 6.08 Å². The van der Waals surface area contributed by atoms with Crippen molar-refractivity contribution in [2.75, 3.05) is 21.0 Å². The highest BCUT2D eigenvalue weighted by Gasteiger charge is 2.34. The molecule has 1 saturated heterocycles. The van der Waals surface area contributed by atoms with Crippen LogP contribution in [0.1, 0.15) is 11.3 Å². The van der Waals surface area contributed by atoms with Gasteiger partial charge in [-0.25, -0.2) is 4.99 Å². The van der Waals surface area contributed by atoms with E-state index in [1.54, 1.807) is 49.7 Å². The molecule has 0 N–H and O–H groups in total. The van der Waals surface area contributed by atoms with Gasteiger partial charge in [-0.05, 0) is 60.3 Å². The highest BCUT2D eigenvalue weighted by molar-refractivity contribution is 8.18. The van der Waals surface area contributed by atoms with E-state index < -0.39 is 0 Å². The number of benzene rings is 2. The average molecular weight is 464 g/mol. The molecule has 9 heteroatoms. The lowest BCUT2D eigenvalue weighted by molar-refractivity contribution is -0.122. The van der Waals surface area contributed by atoms with Gasteiger partial charge >= 0.3 is 0 Å². The van der Waals surface area contributed by atoms with Gasteiger partial charge in [0.25, 0.3) is 5.91 Å². The van der Waals surface area contributed by atoms with Gasteiger partial charge in [0.15, 0.2) is 16.7 Å². The summed E-state index contributed by atoms with van der Waals surface area (Å²) in [6.07, 6.45) is 3.36. The number of furan rings is 1. The molecule has 0 spiro atoms. The van der Waals surface area contributed by atoms with Crippen LogP contribution in [0.2, 0.25) is 0 Å². The molecule has 5 rings (SSSR count). The van der Waals surface area contributed by atoms with Gasteiger partial charge < -0.3 is 23.4 Å². The van der Waals surface area contributed by atoms with Gasteiger partial charge in [-0.15, -0.1) is 0 Å². The first-order chi connectivity index (χ1) is 16.1. The lowest BCUT2D eigenvalue weighted by Crippen LogP contribution is -2.28. The van der Waals surface area contributed by atoms with Crippen LogP contribution in [0.3, 0.4) is 0 Å². The summed E-state index contributed by atoms with van der Waals surface area (Å²) < 4.78 is 27.1. The van der Waals surface area contributed by atoms with Crippen LogP contribution >= 0.6 is 11.8 Å². The predicted octanol–water partition coefficient (Wildman–Crippen LogP) is 4.83. The Morgan fingerprint density at radius 2 is 1.88 bits per heavy atom. The monoisotopic (exact) mass is 464 g/mol. The molecule has 33 heavy (non-hydrogen) atoms. The van der Waals surface area contributed by atoms with Crippen molar-refractivity contribution >= 4 is 34.6 Å². The molecule has 0 unspecified atom stereocenters. The second-order valence-electron chi connectivity index (χ2n) is 7.12. The topological polar surface area (TPSA) is 82.7 Å². The summed E-state index contributed by atoms with van der Waals surface area (Å²) in [7, 11) is 3.18. The van der Waals surface area contributed by atoms with Gasteiger partial charge in [0.1, 0.15) is 17.3 Å². The Labute approximate surface area is 194 Å². The number of rotatable bonds is 6. The van der Waals surface area contributed by atoms with Crippen molar-refractivity contribution in [1.29, 1.82) is 0 Å². The van der Waals surface area contributed by atoms with E-state index in [4.69, 9.17) is 28.4 Å². The number of fused-ring (bicyclic) bond motifs is 1. The number of hydrogen-bond acceptors (Lipinski definition) is 8. The Kier molecular flexibility index (Phi) is 5.70. The second kappa shape index (κ2) is 8.95. The maximum Gasteiger partial charge on any atom is 0.267 e. The van der Waals surface area contributed by atoms with Gasteiger partial charge in [-0.2, -0.15) is 0 Å². The Morgan fingerprint density at radius 1 is 1.09 bits per heavy atom. The lowest BCUT2D eigenvalue weighted by Gasteiger charge is -2.14. The van der Waals surface area contributed by atoms with E-state index in [0.717, 1.165) is 5.75 Å². The minimum Gasteiger partial charge on any atom is -0.497 e. The first kappa shape index (κ1) is 21.0. The number of amidine groups is 1. The predicted molar refractivity (Wildman–Crippen MR) is 124 cm³/mol. The van der Waals surface area contributed by atoms with E-state index in [9.17, 15) is 4.79 Å². The Bertz CT molecular complexity index is 1230. The summed E-state index contributed by atoms with van der Waals surface area (Å²) in [6.45, 7) is 0.422. The summed E-state index contributed by atoms with van der Waals surface area (Å²) in [5.74, 6) is 3.02. The number of thioether (sulfide) groups is 1. The van der Waals surface area contributed by atoms with Crippen molar-refractivity contribution in [3.63, 3.8) is 0 Å². The number of methoxy groups -OCH3 is 2. The normalized spacial score (nSPS) is 17.3. The number of nitrogens with zero attached hydrogens (tertiary/aromatic N) is 2. The molecule has 1 aromatic heterocycles. The number of carbonyl (C=O) groups is 1. The summed E-state index contributed by atoms with van der Waals surface area (Å²) in [4.78, 5) is 20.2. The summed E-state index contributed by atoms with van der Waals surface area (Å²) >= 11 is 1.29. The molecular formula is C24H20N2O6S. The van der Waals surface area contributed by atoms with Crippen LogP contribution in [0, 0.1) is 0 Å². The highest BCUT2D eigenvalue weighted by atomic mass is 32.2. The SMILES string of the molecule is COc1ccc(N=C2S/C(=C/c3cc4c(cc3OC)OCO4)C(=O)N2Cc2ccco2)cc1. The molecule has 2 aliphatic heterocycles. The molecule has 0 atom stereocenters. The molecule has 2 aromatic carbocycles. The molecule has 168 valence electrons. The van der Waals surface area contributed by atoms with Crippen LogP contribution in [0.4, 0.5) is 5.69 Å². The third kappa shape index (κ3) is 4.27. The van der Waals surface area contributed by atoms with Crippen molar-refractivity contribution in [2.45, 2.75) is 6.54 Å². The van der Waals surface area contributed by atoms with Crippen LogP contribution in [0.15, 0.2) is 69.1 Å². The molecule has 1 fully saturated rings. The second-order valence-corrected chi connectivity index (χ2v) is 8.13. The van der Waals surface area contributed by atoms with E-state index in [0.29, 0.717) is 44.3 Å². The standard InChI is InChI=1S/C24H20N2O6S/c1-28-17-7-5-16(6-8-17)25-24-26(13-18-4-3-9-30-18)23(27)22(33-24)11-15-10-20-21(32-14-31-20)12-19(15)29-2/h3-12H,13-14H2,1-2H3/b22-11+,25-24?. The fraction of sp³-hybridized carbons (Fsp3) is 0.167. The van der Waals surface area contributed by atoms with E-state index in [-0.39, 0.29) is 19.2 Å². The van der Waals surface area contributed by atoms with Crippen LogP contribution in [-0.2, 0) is 11.3 Å². The zero-order chi connectivity index (χ0) is 22.8. The quantitative estimate of drug-likeness (QED) is 0.483. The van der Waals surface area contributed by atoms with E-state index in [1.807, 2.05) is 30.3 Å². The Balaban J connectivity index is 1.51. The van der Waals surface area contributed by atoms with E-state index in [1.165, 1.54) is 11.8 Å². The Hall–Kier alpha value is -3.85. The average Bonchev–Trinajstić information content (AvgIpc) is 3.57. The van der Waals surface area contributed by atoms with Crippen LogP contribution in [-0.4, -0.2) is 37.0 Å². The van der Waals surface area contributed by atoms with Gasteiger partial charge in [0.05, 0.1) is 37.6 Å². The summed E-state index contributed by atoms with van der Waals surface area (Å²) in [5, 5.41) is 0.549. The molecule has 0 bridgehead atoms. The van der Waals surface area contributed by atoms with Crippen molar-refractivity contribution in [1.82, 2.24) is 4.90 Å². The van der Waals surface area contributed by atoms with Crippen molar-refractivity contribution in [2.24, 2.45) is 4.99 Å². The smallest absolute Gasteiger partial charge is 0.267 e. The zero-order valence-electron chi connectivity index (χ0n) is 17.9. The third-order valence-corrected chi connectivity index (χ3v) is 6.10. The van der Waals surface area contributed by atoms with Gasteiger partial charge in [0, 0.05) is 11.6 Å². The van der Waals surface area contributed by atoms with E-state index in [2.05, 4.69) is 0 Å². The molecular weight excluding hydrogens is 444 g/mol. The van der Waals surface area contributed by atoms with Crippen molar-refractivity contribution in [3.05, 3.63) is 71.0 Å². The van der Waals surface area contributed by atoms with Gasteiger partial charge in [-0.3, -0.25) is 9.69 Å². The molecule has 1 amide bonds. The van der Waals surface area contributed by atoms with Gasteiger partial charge in [-0.1, -0.05) is 0 Å². The van der Waals surface area contributed by atoms with Crippen LogP contribution in [0.5, 0.6) is 23.0 Å². The molecule has 0 aliphatic carbocycles. The third-order valence-electron chi connectivity index (χ3n) is 5.09. The first-order valence-electron chi connectivity index (χ1n) is 10.1. The molecule has 2 aliphatic rings. The zero-order valence-corrected chi connectivity index (χ0v) is 18.8. The molecule has 0 saturated carbocycles. The number of carbonyl (C=O) groups excluding carboxylic acids is 1. The van der Waals surface area contributed by atoms with Gasteiger partial charge in [0.2, 0.25) is 6.79 Å². The highest BCUT2D eigenvalue weighted by Crippen LogP contribution is 2.41. The maximum absolute atomic E-state index is 13.4. The minimum absolute atomic E-state index is 0.155. The number of hydrogen-bond donors (Lipinski definition) is 0. The summed E-state index contributed by atoms with van der Waals surface area (Å²) in [5.41, 5.74) is 1.42. The summed E-state index contributed by atoms with van der Waals surface area (Å²) in [6, 6.07) is 14.5. The van der Waals surface area contributed by atoms with Crippen molar-refractivity contribution < 1.29 is 28.2 Å². The molecule has 8 nitrogen and oxygen atoms in total. The molecule has 0 radical (unpaired) electrons. The molecule has 3 aromatic rings. The van der Waals surface area contributed by atoms with Crippen molar-refractivity contribution in [3.8, 4) is 23.0 Å². The van der Waals surface area contributed by atoms with E-state index >= 15 is 0 Å². The minimum atomic E-state index is -0.177. The molecule has 3 heterocycles. The van der Waals surface area contributed by atoms with Crippen LogP contribution < -0.4 is 18.9 Å².